The molecule has 0 aromatic heterocycles. The van der Waals surface area contributed by atoms with Crippen molar-refractivity contribution in [2.75, 3.05) is 26.4 Å². The SMILES string of the molecule is C1CCC(OCCCN[C@H]2CCCOC2)CC1. The Kier molecular flexibility index (Phi) is 6.32. The van der Waals surface area contributed by atoms with Crippen LogP contribution >= 0.6 is 0 Å². The smallest absolute Gasteiger partial charge is 0.0619 e. The summed E-state index contributed by atoms with van der Waals surface area (Å²) < 4.78 is 11.3. The van der Waals surface area contributed by atoms with E-state index in [2.05, 4.69) is 5.32 Å². The fourth-order valence-electron chi connectivity index (χ4n) is 2.76. The third kappa shape index (κ3) is 5.36. The lowest BCUT2D eigenvalue weighted by molar-refractivity contribution is 0.0255. The fraction of sp³-hybridized carbons (Fsp3) is 1.00. The molecule has 17 heavy (non-hydrogen) atoms. The molecule has 2 aliphatic rings. The highest BCUT2D eigenvalue weighted by Crippen LogP contribution is 2.20. The van der Waals surface area contributed by atoms with Gasteiger partial charge in [-0.05, 0) is 38.6 Å². The second-order valence-corrected chi connectivity index (χ2v) is 5.35. The van der Waals surface area contributed by atoms with E-state index in [-0.39, 0.29) is 0 Å². The molecule has 1 aliphatic heterocycles. The summed E-state index contributed by atoms with van der Waals surface area (Å²) in [5.41, 5.74) is 0. The van der Waals surface area contributed by atoms with Gasteiger partial charge in [0.1, 0.15) is 0 Å². The number of rotatable bonds is 6. The van der Waals surface area contributed by atoms with Crippen LogP contribution in [0, 0.1) is 0 Å². The zero-order chi connectivity index (χ0) is 11.8. The number of nitrogens with one attached hydrogen (secondary N) is 1. The molecule has 1 N–H and O–H groups in total. The van der Waals surface area contributed by atoms with E-state index in [1.807, 2.05) is 0 Å². The minimum absolute atomic E-state index is 0.557. The van der Waals surface area contributed by atoms with Gasteiger partial charge in [0.2, 0.25) is 0 Å². The molecule has 1 atom stereocenters. The molecular weight excluding hydrogens is 214 g/mol. The van der Waals surface area contributed by atoms with Crippen LogP contribution in [0.4, 0.5) is 0 Å². The summed E-state index contributed by atoms with van der Waals surface area (Å²) in [6, 6.07) is 0.582. The Morgan fingerprint density at radius 2 is 1.94 bits per heavy atom. The van der Waals surface area contributed by atoms with Gasteiger partial charge in [0, 0.05) is 19.3 Å². The van der Waals surface area contributed by atoms with Crippen LogP contribution in [-0.4, -0.2) is 38.5 Å². The lowest BCUT2D eigenvalue weighted by atomic mass is 9.98. The van der Waals surface area contributed by atoms with E-state index in [0.29, 0.717) is 12.1 Å². The van der Waals surface area contributed by atoms with Crippen molar-refractivity contribution in [3.05, 3.63) is 0 Å². The Hall–Kier alpha value is -0.120. The maximum Gasteiger partial charge on any atom is 0.0619 e. The first-order valence-electron chi connectivity index (χ1n) is 7.38. The second kappa shape index (κ2) is 8.06. The summed E-state index contributed by atoms with van der Waals surface area (Å²) in [7, 11) is 0. The Morgan fingerprint density at radius 1 is 1.06 bits per heavy atom. The summed E-state index contributed by atoms with van der Waals surface area (Å²) in [5.74, 6) is 0. The van der Waals surface area contributed by atoms with Gasteiger partial charge in [0.05, 0.1) is 12.7 Å². The van der Waals surface area contributed by atoms with E-state index in [0.717, 1.165) is 32.8 Å². The summed E-state index contributed by atoms with van der Waals surface area (Å²) in [4.78, 5) is 0. The lowest BCUT2D eigenvalue weighted by Crippen LogP contribution is -2.37. The monoisotopic (exact) mass is 241 g/mol. The van der Waals surface area contributed by atoms with E-state index < -0.39 is 0 Å². The molecule has 0 aromatic rings. The molecule has 1 saturated carbocycles. The van der Waals surface area contributed by atoms with Crippen molar-refractivity contribution in [1.82, 2.24) is 5.32 Å². The lowest BCUT2D eigenvalue weighted by Gasteiger charge is -2.24. The Bertz CT molecular complexity index is 167. The normalized spacial score (nSPS) is 27.2. The van der Waals surface area contributed by atoms with Crippen molar-refractivity contribution < 1.29 is 9.47 Å². The molecule has 1 heterocycles. The predicted molar refractivity (Wildman–Crippen MR) is 69.3 cm³/mol. The molecule has 0 unspecified atom stereocenters. The first kappa shape index (κ1) is 13.3. The molecule has 100 valence electrons. The van der Waals surface area contributed by atoms with Crippen LogP contribution in [0.3, 0.4) is 0 Å². The van der Waals surface area contributed by atoms with Crippen LogP contribution in [0.5, 0.6) is 0 Å². The van der Waals surface area contributed by atoms with Gasteiger partial charge in [-0.2, -0.15) is 0 Å². The van der Waals surface area contributed by atoms with Gasteiger partial charge in [-0.1, -0.05) is 19.3 Å². The van der Waals surface area contributed by atoms with Crippen molar-refractivity contribution >= 4 is 0 Å². The molecular formula is C14H27NO2. The average Bonchev–Trinajstić information content (AvgIpc) is 2.41. The minimum Gasteiger partial charge on any atom is -0.380 e. The molecule has 2 fully saturated rings. The highest BCUT2D eigenvalue weighted by molar-refractivity contribution is 4.70. The third-order valence-corrected chi connectivity index (χ3v) is 3.82. The van der Waals surface area contributed by atoms with Gasteiger partial charge >= 0.3 is 0 Å². The summed E-state index contributed by atoms with van der Waals surface area (Å²) >= 11 is 0. The highest BCUT2D eigenvalue weighted by Gasteiger charge is 2.14. The zero-order valence-electron chi connectivity index (χ0n) is 11.0. The molecule has 0 radical (unpaired) electrons. The summed E-state index contributed by atoms with van der Waals surface area (Å²) in [5, 5.41) is 3.55. The van der Waals surface area contributed by atoms with Crippen LogP contribution in [-0.2, 0) is 9.47 Å². The first-order chi connectivity index (χ1) is 8.45. The average molecular weight is 241 g/mol. The quantitative estimate of drug-likeness (QED) is 0.725. The van der Waals surface area contributed by atoms with E-state index in [1.165, 1.54) is 44.9 Å². The van der Waals surface area contributed by atoms with Gasteiger partial charge in [-0.3, -0.25) is 0 Å². The van der Waals surface area contributed by atoms with Crippen LogP contribution in [0.25, 0.3) is 0 Å². The standard InChI is InChI=1S/C14H27NO2/c1-2-7-14(8-3-1)17-11-5-9-15-13-6-4-10-16-12-13/h13-15H,1-12H2/t13-/m0/s1. The van der Waals surface area contributed by atoms with Crippen LogP contribution in [0.15, 0.2) is 0 Å². The Morgan fingerprint density at radius 3 is 2.71 bits per heavy atom. The van der Waals surface area contributed by atoms with E-state index in [9.17, 15) is 0 Å². The molecule has 1 saturated heterocycles. The first-order valence-corrected chi connectivity index (χ1v) is 7.38. The van der Waals surface area contributed by atoms with Gasteiger partial charge in [-0.25, -0.2) is 0 Å². The van der Waals surface area contributed by atoms with Crippen molar-refractivity contribution in [3.8, 4) is 0 Å². The van der Waals surface area contributed by atoms with E-state index >= 15 is 0 Å². The molecule has 0 bridgehead atoms. The number of hydrogen-bond donors (Lipinski definition) is 1. The summed E-state index contributed by atoms with van der Waals surface area (Å²) in [6.45, 7) is 3.83. The molecule has 3 nitrogen and oxygen atoms in total. The Balaban J connectivity index is 1.42. The van der Waals surface area contributed by atoms with Crippen LogP contribution in [0.1, 0.15) is 51.4 Å². The molecule has 2 rings (SSSR count). The van der Waals surface area contributed by atoms with Gasteiger partial charge in [0.15, 0.2) is 0 Å². The maximum absolute atomic E-state index is 5.90. The van der Waals surface area contributed by atoms with Crippen molar-refractivity contribution in [2.45, 2.75) is 63.5 Å². The van der Waals surface area contributed by atoms with Gasteiger partial charge in [0.25, 0.3) is 0 Å². The molecule has 0 spiro atoms. The maximum atomic E-state index is 5.90. The second-order valence-electron chi connectivity index (χ2n) is 5.35. The fourth-order valence-corrected chi connectivity index (χ4v) is 2.76. The van der Waals surface area contributed by atoms with Gasteiger partial charge < -0.3 is 14.8 Å². The van der Waals surface area contributed by atoms with Gasteiger partial charge in [-0.15, -0.1) is 0 Å². The number of ether oxygens (including phenoxy) is 2. The van der Waals surface area contributed by atoms with Crippen molar-refractivity contribution in [2.24, 2.45) is 0 Å². The van der Waals surface area contributed by atoms with E-state index in [4.69, 9.17) is 9.47 Å². The zero-order valence-corrected chi connectivity index (χ0v) is 11.0. The van der Waals surface area contributed by atoms with E-state index in [1.54, 1.807) is 0 Å². The topological polar surface area (TPSA) is 30.5 Å². The minimum atomic E-state index is 0.557. The summed E-state index contributed by atoms with van der Waals surface area (Å²) in [6.07, 6.45) is 10.9. The Labute approximate surface area is 105 Å². The number of hydrogen-bond acceptors (Lipinski definition) is 3. The predicted octanol–water partition coefficient (Wildman–Crippen LogP) is 2.49. The molecule has 1 aliphatic carbocycles. The van der Waals surface area contributed by atoms with Crippen LogP contribution < -0.4 is 5.32 Å². The molecule has 0 amide bonds. The van der Waals surface area contributed by atoms with Crippen molar-refractivity contribution in [1.29, 1.82) is 0 Å². The van der Waals surface area contributed by atoms with Crippen molar-refractivity contribution in [3.63, 3.8) is 0 Å². The third-order valence-electron chi connectivity index (χ3n) is 3.82. The van der Waals surface area contributed by atoms with Crippen LogP contribution in [0.2, 0.25) is 0 Å². The largest absolute Gasteiger partial charge is 0.380 e. The molecule has 0 aromatic carbocycles. The molecule has 3 heteroatoms. The highest BCUT2D eigenvalue weighted by atomic mass is 16.5.